The lowest BCUT2D eigenvalue weighted by molar-refractivity contribution is 0.197. The molecule has 1 saturated heterocycles. The summed E-state index contributed by atoms with van der Waals surface area (Å²) in [5, 5.41) is 3.00. The van der Waals surface area contributed by atoms with Crippen molar-refractivity contribution in [3.05, 3.63) is 18.0 Å². The Bertz CT molecular complexity index is 532. The number of aromatic nitrogens is 1. The highest BCUT2D eigenvalue weighted by atomic mass is 32.2. The lowest BCUT2D eigenvalue weighted by Crippen LogP contribution is -2.44. The van der Waals surface area contributed by atoms with Gasteiger partial charge in [0.05, 0.1) is 4.90 Å². The third-order valence-corrected chi connectivity index (χ3v) is 5.85. The van der Waals surface area contributed by atoms with Crippen molar-refractivity contribution in [2.24, 2.45) is 0 Å². The topological polar surface area (TPSA) is 68.4 Å². The van der Waals surface area contributed by atoms with E-state index in [9.17, 15) is 8.42 Å². The molecule has 0 bridgehead atoms. The van der Waals surface area contributed by atoms with Crippen LogP contribution in [0.25, 0.3) is 0 Å². The molecule has 6 nitrogen and oxygen atoms in total. The van der Waals surface area contributed by atoms with Crippen molar-refractivity contribution >= 4 is 10.0 Å². The number of H-pyrrole nitrogens is 1. The van der Waals surface area contributed by atoms with E-state index in [2.05, 4.69) is 22.2 Å². The van der Waals surface area contributed by atoms with Crippen LogP contribution in [0.2, 0.25) is 0 Å². The Morgan fingerprint density at radius 1 is 1.45 bits per heavy atom. The van der Waals surface area contributed by atoms with Crippen LogP contribution in [0.4, 0.5) is 0 Å². The largest absolute Gasteiger partial charge is 0.363 e. The highest BCUT2D eigenvalue weighted by Crippen LogP contribution is 2.22. The number of piperidine rings is 1. The fraction of sp³-hybridized carbons (Fsp3) is 0.692. The molecule has 0 atom stereocenters. The Kier molecular flexibility index (Phi) is 4.85. The molecule has 0 amide bonds. The van der Waals surface area contributed by atoms with Crippen LogP contribution in [0.5, 0.6) is 0 Å². The van der Waals surface area contributed by atoms with E-state index in [0.29, 0.717) is 11.4 Å². The minimum absolute atomic E-state index is 0.0962. The van der Waals surface area contributed by atoms with Gasteiger partial charge in [0.15, 0.2) is 0 Å². The van der Waals surface area contributed by atoms with E-state index < -0.39 is 10.0 Å². The summed E-state index contributed by atoms with van der Waals surface area (Å²) >= 11 is 0. The first kappa shape index (κ1) is 15.5. The van der Waals surface area contributed by atoms with Crippen molar-refractivity contribution in [3.8, 4) is 0 Å². The standard InChI is InChI=1S/C13H24N4O2S/c1-14-9-11-8-13(10-15-11)20(18,19)17(3)12-4-6-16(2)7-5-12/h8,10,12,14-15H,4-7,9H2,1-3H3. The SMILES string of the molecule is CNCc1cc(S(=O)(=O)N(C)C2CCN(C)CC2)c[nH]1. The predicted molar refractivity (Wildman–Crippen MR) is 79.0 cm³/mol. The normalized spacial score (nSPS) is 18.8. The fourth-order valence-electron chi connectivity index (χ4n) is 2.58. The summed E-state index contributed by atoms with van der Waals surface area (Å²) in [6.45, 7) is 2.53. The van der Waals surface area contributed by atoms with Gasteiger partial charge in [0.2, 0.25) is 10.0 Å². The molecule has 0 aromatic carbocycles. The summed E-state index contributed by atoms with van der Waals surface area (Å²) in [5.41, 5.74) is 0.878. The zero-order valence-corrected chi connectivity index (χ0v) is 13.2. The average Bonchev–Trinajstić information content (AvgIpc) is 2.88. The Morgan fingerprint density at radius 3 is 2.70 bits per heavy atom. The fourth-order valence-corrected chi connectivity index (χ4v) is 4.02. The van der Waals surface area contributed by atoms with Gasteiger partial charge >= 0.3 is 0 Å². The van der Waals surface area contributed by atoms with E-state index in [4.69, 9.17) is 0 Å². The first-order valence-electron chi connectivity index (χ1n) is 6.93. The summed E-state index contributed by atoms with van der Waals surface area (Å²) in [6, 6.07) is 1.80. The van der Waals surface area contributed by atoms with Gasteiger partial charge in [-0.05, 0) is 46.1 Å². The quantitative estimate of drug-likeness (QED) is 0.828. The van der Waals surface area contributed by atoms with Crippen LogP contribution in [0, 0.1) is 0 Å². The smallest absolute Gasteiger partial charge is 0.244 e. The highest BCUT2D eigenvalue weighted by Gasteiger charge is 2.30. The molecule has 114 valence electrons. The van der Waals surface area contributed by atoms with Crippen LogP contribution in [0.3, 0.4) is 0 Å². The maximum Gasteiger partial charge on any atom is 0.244 e. The van der Waals surface area contributed by atoms with Crippen LogP contribution in [0.1, 0.15) is 18.5 Å². The van der Waals surface area contributed by atoms with Gasteiger partial charge in [-0.3, -0.25) is 0 Å². The molecule has 2 heterocycles. The second-order valence-corrected chi connectivity index (χ2v) is 7.44. The van der Waals surface area contributed by atoms with Crippen LogP contribution >= 0.6 is 0 Å². The summed E-state index contributed by atoms with van der Waals surface area (Å²) in [4.78, 5) is 5.59. The Morgan fingerprint density at radius 2 is 2.10 bits per heavy atom. The van der Waals surface area contributed by atoms with Crippen molar-refractivity contribution in [1.82, 2.24) is 19.5 Å². The molecule has 1 fully saturated rings. The van der Waals surface area contributed by atoms with Gasteiger partial charge in [0.25, 0.3) is 0 Å². The van der Waals surface area contributed by atoms with Crippen LogP contribution < -0.4 is 5.32 Å². The Hall–Kier alpha value is -0.890. The summed E-state index contributed by atoms with van der Waals surface area (Å²) in [5.74, 6) is 0. The van der Waals surface area contributed by atoms with Crippen molar-refractivity contribution < 1.29 is 8.42 Å². The minimum atomic E-state index is -3.40. The molecule has 0 saturated carbocycles. The van der Waals surface area contributed by atoms with Crippen molar-refractivity contribution in [2.45, 2.75) is 30.3 Å². The monoisotopic (exact) mass is 300 g/mol. The Labute approximate surface area is 121 Å². The van der Waals surface area contributed by atoms with Gasteiger partial charge in [-0.1, -0.05) is 0 Å². The number of likely N-dealkylation sites (tertiary alicyclic amines) is 1. The molecule has 2 N–H and O–H groups in total. The van der Waals surface area contributed by atoms with E-state index in [1.807, 2.05) is 7.05 Å². The lowest BCUT2D eigenvalue weighted by atomic mass is 10.1. The van der Waals surface area contributed by atoms with E-state index >= 15 is 0 Å². The highest BCUT2D eigenvalue weighted by molar-refractivity contribution is 7.89. The third kappa shape index (κ3) is 3.22. The molecule has 1 aromatic rings. The maximum atomic E-state index is 12.6. The van der Waals surface area contributed by atoms with Crippen molar-refractivity contribution in [1.29, 1.82) is 0 Å². The summed E-state index contributed by atoms with van der Waals surface area (Å²) in [6.07, 6.45) is 3.35. The molecular formula is C13H24N4O2S. The predicted octanol–water partition coefficient (Wildman–Crippen LogP) is 0.449. The third-order valence-electron chi connectivity index (χ3n) is 3.96. The van der Waals surface area contributed by atoms with Crippen LogP contribution in [-0.2, 0) is 16.6 Å². The molecule has 7 heteroatoms. The lowest BCUT2D eigenvalue weighted by Gasteiger charge is -2.34. The van der Waals surface area contributed by atoms with E-state index in [1.165, 1.54) is 4.31 Å². The summed E-state index contributed by atoms with van der Waals surface area (Å²) < 4.78 is 26.7. The number of aromatic amines is 1. The van der Waals surface area contributed by atoms with Crippen LogP contribution in [0.15, 0.2) is 17.2 Å². The average molecular weight is 300 g/mol. The molecule has 2 rings (SSSR count). The zero-order valence-electron chi connectivity index (χ0n) is 12.4. The minimum Gasteiger partial charge on any atom is -0.363 e. The molecular weight excluding hydrogens is 276 g/mol. The second kappa shape index (κ2) is 6.26. The number of rotatable bonds is 5. The number of sulfonamides is 1. The number of hydrogen-bond acceptors (Lipinski definition) is 4. The van der Waals surface area contributed by atoms with Gasteiger partial charge in [0.1, 0.15) is 0 Å². The maximum absolute atomic E-state index is 12.6. The molecule has 1 aromatic heterocycles. The van der Waals surface area contributed by atoms with E-state index in [-0.39, 0.29) is 6.04 Å². The van der Waals surface area contributed by atoms with Gasteiger partial charge in [-0.2, -0.15) is 4.31 Å². The molecule has 1 aliphatic rings. The number of hydrogen-bond donors (Lipinski definition) is 2. The second-order valence-electron chi connectivity index (χ2n) is 5.45. The molecule has 1 aliphatic heterocycles. The first-order chi connectivity index (χ1) is 9.45. The van der Waals surface area contributed by atoms with Crippen LogP contribution in [-0.4, -0.2) is 62.9 Å². The zero-order chi connectivity index (χ0) is 14.8. The molecule has 20 heavy (non-hydrogen) atoms. The molecule has 0 spiro atoms. The number of nitrogens with one attached hydrogen (secondary N) is 2. The van der Waals surface area contributed by atoms with Crippen molar-refractivity contribution in [2.75, 3.05) is 34.2 Å². The molecule has 0 aliphatic carbocycles. The van der Waals surface area contributed by atoms with Gasteiger partial charge in [-0.15, -0.1) is 0 Å². The molecule has 0 unspecified atom stereocenters. The number of nitrogens with zero attached hydrogens (tertiary/aromatic N) is 2. The first-order valence-corrected chi connectivity index (χ1v) is 8.37. The van der Waals surface area contributed by atoms with Gasteiger partial charge < -0.3 is 15.2 Å². The van der Waals surface area contributed by atoms with Crippen molar-refractivity contribution in [3.63, 3.8) is 0 Å². The Balaban J connectivity index is 2.12. The van der Waals surface area contributed by atoms with Gasteiger partial charge in [-0.25, -0.2) is 8.42 Å². The van der Waals surface area contributed by atoms with E-state index in [0.717, 1.165) is 31.6 Å². The van der Waals surface area contributed by atoms with Gasteiger partial charge in [0, 0.05) is 31.5 Å². The van der Waals surface area contributed by atoms with E-state index in [1.54, 1.807) is 19.3 Å². The summed E-state index contributed by atoms with van der Waals surface area (Å²) in [7, 11) is 2.20. The molecule has 0 radical (unpaired) electrons.